The molecule has 1 saturated carbocycles. The topological polar surface area (TPSA) is 73.2 Å². The van der Waals surface area contributed by atoms with Crippen molar-refractivity contribution >= 4 is 29.4 Å². The number of fused-ring (bicyclic) bond motifs is 1. The molecule has 6 nitrogen and oxygen atoms in total. The Kier molecular flexibility index (Phi) is 7.04. The smallest absolute Gasteiger partial charge is 0.272 e. The van der Waals surface area contributed by atoms with Gasteiger partial charge in [-0.05, 0) is 44.0 Å². The molecule has 0 unspecified atom stereocenters. The third kappa shape index (κ3) is 4.86. The van der Waals surface area contributed by atoms with Crippen molar-refractivity contribution in [3.8, 4) is 11.4 Å². The lowest BCUT2D eigenvalue weighted by Gasteiger charge is -2.22. The zero-order valence-electron chi connectivity index (χ0n) is 17.2. The number of benzene rings is 1. The molecule has 0 radical (unpaired) electrons. The molecular weight excluding hydrogens is 418 g/mol. The van der Waals surface area contributed by atoms with Crippen LogP contribution in [0.1, 0.15) is 44.7 Å². The van der Waals surface area contributed by atoms with Gasteiger partial charge in [-0.1, -0.05) is 31.0 Å². The molecule has 1 aliphatic heterocycles. The van der Waals surface area contributed by atoms with Crippen LogP contribution in [-0.2, 0) is 11.2 Å². The predicted molar refractivity (Wildman–Crippen MR) is 121 cm³/mol. The second kappa shape index (κ2) is 9.92. The highest BCUT2D eigenvalue weighted by molar-refractivity contribution is 8.00. The largest absolute Gasteiger partial charge is 0.494 e. The van der Waals surface area contributed by atoms with E-state index in [0.29, 0.717) is 11.8 Å². The quantitative estimate of drug-likeness (QED) is 0.516. The van der Waals surface area contributed by atoms with Crippen molar-refractivity contribution in [3.05, 3.63) is 40.3 Å². The Hall–Kier alpha value is -1.93. The first-order valence-corrected chi connectivity index (χ1v) is 12.6. The van der Waals surface area contributed by atoms with Crippen molar-refractivity contribution in [2.24, 2.45) is 0 Å². The Morgan fingerprint density at radius 2 is 2.03 bits per heavy atom. The summed E-state index contributed by atoms with van der Waals surface area (Å²) >= 11 is 2.89. The number of nitrogens with zero attached hydrogens (tertiary/aromatic N) is 2. The maximum atomic E-state index is 13.2. The van der Waals surface area contributed by atoms with Crippen molar-refractivity contribution in [2.75, 3.05) is 18.1 Å². The van der Waals surface area contributed by atoms with Gasteiger partial charge in [0.25, 0.3) is 5.56 Å². The molecule has 30 heavy (non-hydrogen) atoms. The standard InChI is InChI=1S/C22H27N3O3S2/c1-2-28-17-10-8-16(9-11-17)25-21(27)20-18(12-13-29-20)24-22(25)30-14-19(26)23-15-6-4-3-5-7-15/h8-11,15H,2-7,12-14H2,1H3,(H,23,26). The molecule has 1 fully saturated rings. The van der Waals surface area contributed by atoms with Gasteiger partial charge in [0.05, 0.1) is 28.6 Å². The number of aryl methyl sites for hydroxylation is 1. The second-order valence-corrected chi connectivity index (χ2v) is 9.57. The summed E-state index contributed by atoms with van der Waals surface area (Å²) in [6, 6.07) is 7.73. The number of amides is 1. The molecule has 4 rings (SSSR count). The van der Waals surface area contributed by atoms with Crippen LogP contribution in [0.5, 0.6) is 5.75 Å². The normalized spacial score (nSPS) is 16.3. The van der Waals surface area contributed by atoms with Gasteiger partial charge in [0.15, 0.2) is 5.16 Å². The fourth-order valence-electron chi connectivity index (χ4n) is 3.92. The number of hydrogen-bond donors (Lipinski definition) is 1. The zero-order valence-corrected chi connectivity index (χ0v) is 18.8. The van der Waals surface area contributed by atoms with E-state index in [1.54, 1.807) is 16.3 Å². The van der Waals surface area contributed by atoms with Crippen molar-refractivity contribution in [1.82, 2.24) is 14.9 Å². The summed E-state index contributed by atoms with van der Waals surface area (Å²) in [6.07, 6.45) is 6.52. The van der Waals surface area contributed by atoms with Gasteiger partial charge in [-0.2, -0.15) is 0 Å². The van der Waals surface area contributed by atoms with Crippen LogP contribution in [-0.4, -0.2) is 39.6 Å². The molecule has 0 atom stereocenters. The summed E-state index contributed by atoms with van der Waals surface area (Å²) in [6.45, 7) is 2.53. The van der Waals surface area contributed by atoms with E-state index in [-0.39, 0.29) is 23.3 Å². The number of nitrogens with one attached hydrogen (secondary N) is 1. The number of rotatable bonds is 7. The van der Waals surface area contributed by atoms with E-state index in [2.05, 4.69) is 5.32 Å². The van der Waals surface area contributed by atoms with Crippen molar-refractivity contribution < 1.29 is 9.53 Å². The molecule has 2 aromatic rings. The molecule has 0 saturated heterocycles. The lowest BCUT2D eigenvalue weighted by Crippen LogP contribution is -2.37. The van der Waals surface area contributed by atoms with Crippen LogP contribution < -0.4 is 15.6 Å². The van der Waals surface area contributed by atoms with Gasteiger partial charge in [-0.25, -0.2) is 4.98 Å². The summed E-state index contributed by atoms with van der Waals surface area (Å²) in [4.78, 5) is 31.2. The van der Waals surface area contributed by atoms with E-state index in [0.717, 1.165) is 47.0 Å². The molecule has 8 heteroatoms. The number of hydrogen-bond acceptors (Lipinski definition) is 6. The van der Waals surface area contributed by atoms with Gasteiger partial charge in [0, 0.05) is 18.2 Å². The van der Waals surface area contributed by atoms with Gasteiger partial charge < -0.3 is 10.1 Å². The fraction of sp³-hybridized carbons (Fsp3) is 0.500. The van der Waals surface area contributed by atoms with Crippen LogP contribution in [0.15, 0.2) is 39.1 Å². The maximum absolute atomic E-state index is 13.2. The van der Waals surface area contributed by atoms with Crippen LogP contribution in [0.2, 0.25) is 0 Å². The Morgan fingerprint density at radius 3 is 2.77 bits per heavy atom. The highest BCUT2D eigenvalue weighted by Gasteiger charge is 2.23. The average molecular weight is 446 g/mol. The summed E-state index contributed by atoms with van der Waals surface area (Å²) in [5.74, 6) is 1.90. The average Bonchev–Trinajstić information content (AvgIpc) is 3.23. The Bertz CT molecular complexity index is 953. The van der Waals surface area contributed by atoms with Crippen molar-refractivity contribution in [2.45, 2.75) is 61.5 Å². The van der Waals surface area contributed by atoms with Crippen LogP contribution in [0, 0.1) is 0 Å². The van der Waals surface area contributed by atoms with E-state index in [1.807, 2.05) is 31.2 Å². The monoisotopic (exact) mass is 445 g/mol. The van der Waals surface area contributed by atoms with Gasteiger partial charge in [-0.15, -0.1) is 11.8 Å². The molecule has 1 aromatic heterocycles. The number of carbonyl (C=O) groups excluding carboxylic acids is 1. The first-order chi connectivity index (χ1) is 14.7. The minimum Gasteiger partial charge on any atom is -0.494 e. The summed E-state index contributed by atoms with van der Waals surface area (Å²) < 4.78 is 7.15. The van der Waals surface area contributed by atoms with E-state index < -0.39 is 0 Å². The molecule has 1 aliphatic carbocycles. The van der Waals surface area contributed by atoms with Gasteiger partial charge in [0.1, 0.15) is 5.75 Å². The minimum atomic E-state index is -0.0538. The predicted octanol–water partition coefficient (Wildman–Crippen LogP) is 3.82. The number of carbonyl (C=O) groups is 1. The SMILES string of the molecule is CCOc1ccc(-n2c(SCC(=O)NC3CCCCC3)nc3c(c2=O)SCC3)cc1. The lowest BCUT2D eigenvalue weighted by atomic mass is 9.95. The molecule has 1 aromatic carbocycles. The molecule has 1 N–H and O–H groups in total. The third-order valence-corrected chi connectivity index (χ3v) is 7.42. The molecule has 160 valence electrons. The summed E-state index contributed by atoms with van der Waals surface area (Å²) in [7, 11) is 0. The first-order valence-electron chi connectivity index (χ1n) is 10.6. The molecule has 2 heterocycles. The van der Waals surface area contributed by atoms with Gasteiger partial charge >= 0.3 is 0 Å². The van der Waals surface area contributed by atoms with Gasteiger partial charge in [-0.3, -0.25) is 14.2 Å². The maximum Gasteiger partial charge on any atom is 0.272 e. The lowest BCUT2D eigenvalue weighted by molar-refractivity contribution is -0.119. The molecule has 0 spiro atoms. The fourth-order valence-corrected chi connectivity index (χ4v) is 5.79. The van der Waals surface area contributed by atoms with E-state index in [4.69, 9.17) is 9.72 Å². The molecular formula is C22H27N3O3S2. The number of thioether (sulfide) groups is 2. The highest BCUT2D eigenvalue weighted by atomic mass is 32.2. The minimum absolute atomic E-state index is 0.00858. The summed E-state index contributed by atoms with van der Waals surface area (Å²) in [5.41, 5.74) is 1.53. The second-order valence-electron chi connectivity index (χ2n) is 7.53. The van der Waals surface area contributed by atoms with Gasteiger partial charge in [0.2, 0.25) is 5.91 Å². The van der Waals surface area contributed by atoms with E-state index in [1.165, 1.54) is 31.0 Å². The molecule has 1 amide bonds. The Balaban J connectivity index is 1.56. The van der Waals surface area contributed by atoms with E-state index in [9.17, 15) is 9.59 Å². The van der Waals surface area contributed by atoms with E-state index >= 15 is 0 Å². The highest BCUT2D eigenvalue weighted by Crippen LogP contribution is 2.30. The van der Waals surface area contributed by atoms with Crippen LogP contribution in [0.4, 0.5) is 0 Å². The van der Waals surface area contributed by atoms with Crippen LogP contribution in [0.25, 0.3) is 5.69 Å². The number of aromatic nitrogens is 2. The summed E-state index contributed by atoms with van der Waals surface area (Å²) in [5, 5.41) is 3.71. The van der Waals surface area contributed by atoms with Crippen molar-refractivity contribution in [1.29, 1.82) is 0 Å². The van der Waals surface area contributed by atoms with Crippen LogP contribution >= 0.6 is 23.5 Å². The zero-order chi connectivity index (χ0) is 20.9. The molecule has 0 bridgehead atoms. The van der Waals surface area contributed by atoms with Crippen LogP contribution in [0.3, 0.4) is 0 Å². The molecule has 2 aliphatic rings. The van der Waals surface area contributed by atoms with Crippen molar-refractivity contribution in [3.63, 3.8) is 0 Å². The third-order valence-electron chi connectivity index (χ3n) is 5.38. The Morgan fingerprint density at radius 1 is 1.27 bits per heavy atom. The number of ether oxygens (including phenoxy) is 1. The first kappa shape index (κ1) is 21.3. The Labute approximate surface area is 185 Å².